The predicted molar refractivity (Wildman–Crippen MR) is 535 cm³/mol. The van der Waals surface area contributed by atoms with Gasteiger partial charge in [0.05, 0.1) is 95.9 Å². The maximum Gasteiger partial charge on any atom is 0.325 e. The van der Waals surface area contributed by atoms with Crippen LogP contribution in [0.3, 0.4) is 0 Å². The first kappa shape index (κ1) is 111. The third kappa shape index (κ3) is 23.4. The predicted octanol–water partition coefficient (Wildman–Crippen LogP) is 3.22. The van der Waals surface area contributed by atoms with E-state index in [9.17, 15) is 53.3 Å². The zero-order chi connectivity index (χ0) is 104. The molecule has 0 radical (unpaired) electrons. The third-order valence-corrected chi connectivity index (χ3v) is 33.0. The van der Waals surface area contributed by atoms with E-state index >= 15 is 13.2 Å². The van der Waals surface area contributed by atoms with Crippen molar-refractivity contribution in [3.63, 3.8) is 0 Å². The number of anilines is 6. The molecular weight excluding hydrogens is 2220 g/mol. The number of imidazole rings is 6. The molecule has 21 N–H and O–H groups in total. The van der Waals surface area contributed by atoms with Crippen molar-refractivity contribution in [1.82, 2.24) is 117 Å². The standard InChI is InChI=1S/C31H33FN10O11P2S2.2C20H23FN10O9P2S2.CH5N.2CH4/c1-14(2)27(43)39-31-38-26-22(29(45)40-31)36-13-42(26)30-23-20(32)18(51-30)10-49-54(46,56)52-16-8-19(50-17(16)9-48-55(47,57)53-23)41-12-35-21-24(33-11-34-25(21)41)37-28(44)15-6-4-3-5-7-15;2*21-11-9-3-36-41(33,43)39-7-1-10(30-5-26-12-15(22)24-4-25-16(12)30)37-8(7)2-35-42(34,44)40-14(11)19(38-9)31-6-27-13-17(31)28-20(23)29-18(13)32;1-2;;/h3-7,11-14,16-20,23,30H,8-10H2,1-2H3,(H,46,56)(H,47,57)(H,33,34,37,44)(H2,38,39,40,43,45);2*4-11,14,19H,1-3H2,(H,33,43)(H,34,44)(H2,22,24,25)(H3,23,28,29,32);2H2,1H3;2*1H4/t16-,17+,18+,19+,20+,23+,30+,54?,55?;2*7-,8+,9+,10+,11+,14+,19+,41?,42?;;;/m000.../s1. The molecule has 13 aromatic rings. The number of nitrogen functional groups attached to an aromatic ring is 4. The monoisotopic (exact) mass is 2310 g/mol. The quantitative estimate of drug-likeness (QED) is 0.0874. The highest BCUT2D eigenvalue weighted by Gasteiger charge is 2.57. The van der Waals surface area contributed by atoms with Gasteiger partial charge in [-0.2, -0.15) is 15.0 Å². The van der Waals surface area contributed by atoms with E-state index in [1.165, 1.54) is 71.4 Å². The minimum absolute atomic E-state index is 0. The Morgan fingerprint density at radius 1 is 0.389 bits per heavy atom. The number of nitrogens with zero attached hydrogens (tertiary/aromatic N) is 21. The molecule has 75 heteroatoms. The van der Waals surface area contributed by atoms with E-state index in [-0.39, 0.29) is 114 Å². The Kier molecular flexibility index (Phi) is 33.0. The van der Waals surface area contributed by atoms with Crippen LogP contribution in [-0.4, -0.2) is 297 Å². The molecule has 6 bridgehead atoms. The minimum Gasteiger partial charge on any atom is -0.382 e. The number of halogens is 3. The molecule has 27 atom stereocenters. The van der Waals surface area contributed by atoms with Gasteiger partial charge in [-0.1, -0.05) is 46.9 Å². The number of ether oxygens (including phenoxy) is 6. The highest BCUT2D eigenvalue weighted by molar-refractivity contribution is 8.08. The fourth-order valence-electron chi connectivity index (χ4n) is 16.8. The van der Waals surface area contributed by atoms with Gasteiger partial charge in [0.2, 0.25) is 23.8 Å². The molecule has 149 heavy (non-hydrogen) atoms. The number of benzene rings is 1. The van der Waals surface area contributed by atoms with Crippen LogP contribution in [0.5, 0.6) is 0 Å². The van der Waals surface area contributed by atoms with Crippen molar-refractivity contribution in [3.8, 4) is 0 Å². The number of carbonyl (C=O) groups excluding carboxylic acids is 2. The highest BCUT2D eigenvalue weighted by atomic mass is 32.5. The molecule has 22 rings (SSSR count). The number of rotatable bonds is 10. The molecule has 9 fully saturated rings. The molecule has 60 nitrogen and oxygen atoms in total. The van der Waals surface area contributed by atoms with Gasteiger partial charge in [0, 0.05) is 30.7 Å². The minimum atomic E-state index is -4.33. The second-order valence-corrected chi connectivity index (χ2v) is 50.1. The van der Waals surface area contributed by atoms with Gasteiger partial charge in [-0.15, -0.1) is 0 Å². The summed E-state index contributed by atoms with van der Waals surface area (Å²) < 4.78 is 160. The Morgan fingerprint density at radius 3 is 1.06 bits per heavy atom. The number of fused-ring (bicyclic) bond motifs is 15. The molecule has 0 saturated carbocycles. The molecule has 2 amide bonds. The van der Waals surface area contributed by atoms with Crippen molar-refractivity contribution in [2.45, 2.75) is 177 Å². The zero-order valence-corrected chi connectivity index (χ0v) is 85.5. The first-order valence-electron chi connectivity index (χ1n) is 43.4. The van der Waals surface area contributed by atoms with Crippen LogP contribution >= 0.6 is 40.3 Å². The summed E-state index contributed by atoms with van der Waals surface area (Å²) in [4.78, 5) is 198. The number of aromatic nitrogens is 24. The van der Waals surface area contributed by atoms with E-state index < -0.39 is 243 Å². The van der Waals surface area contributed by atoms with Crippen molar-refractivity contribution >= 4 is 225 Å². The molecule has 6 unspecified atom stereocenters. The summed E-state index contributed by atoms with van der Waals surface area (Å²) in [7, 11) is 1.50. The van der Waals surface area contributed by atoms with E-state index in [4.69, 9.17) is 176 Å². The second-order valence-electron chi connectivity index (χ2n) is 33.3. The summed E-state index contributed by atoms with van der Waals surface area (Å²) >= 11 is 31.6. The summed E-state index contributed by atoms with van der Waals surface area (Å²) in [6, 6.07) is 8.53. The fraction of sp³-hybridized carbons (Fsp3) is 0.486. The number of aromatic amines is 3. The van der Waals surface area contributed by atoms with Crippen LogP contribution in [0.25, 0.3) is 67.0 Å². The topological polar surface area (TPSA) is 797 Å². The number of carbonyl (C=O) groups is 2. The van der Waals surface area contributed by atoms with Crippen LogP contribution in [0.2, 0.25) is 0 Å². The Balaban J connectivity index is 0.000000152. The summed E-state index contributed by atoms with van der Waals surface area (Å²) in [5.41, 5.74) is 27.5. The number of H-pyrrole nitrogens is 3. The Hall–Kier alpha value is -9.25. The van der Waals surface area contributed by atoms with Gasteiger partial charge >= 0.3 is 40.3 Å². The van der Waals surface area contributed by atoms with Gasteiger partial charge in [0.15, 0.2) is 111 Å². The molecule has 9 saturated heterocycles. The van der Waals surface area contributed by atoms with Crippen LogP contribution in [-0.2, 0) is 158 Å². The van der Waals surface area contributed by atoms with Crippen molar-refractivity contribution in [1.29, 1.82) is 0 Å². The molecule has 0 aliphatic carbocycles. The number of hydrogen-bond donors (Lipinski definition) is 16. The van der Waals surface area contributed by atoms with Crippen LogP contribution in [0, 0.1) is 5.92 Å². The van der Waals surface area contributed by atoms with E-state index in [0.29, 0.717) is 27.9 Å². The summed E-state index contributed by atoms with van der Waals surface area (Å²) in [6.45, 7) is -24.8. The van der Waals surface area contributed by atoms with Crippen LogP contribution in [0.1, 0.15) is 95.7 Å². The zero-order valence-electron chi connectivity index (χ0n) is 75.3. The van der Waals surface area contributed by atoms with Crippen molar-refractivity contribution < 1.29 is 135 Å². The molecule has 21 heterocycles. The van der Waals surface area contributed by atoms with E-state index in [2.05, 4.69) is 106 Å². The van der Waals surface area contributed by atoms with E-state index in [1.54, 1.807) is 57.9 Å². The SMILES string of the molecule is C.C.CC(C)C(=O)Nc1nc2c(ncn2[C@@H]2O[C@@H]3COP(O)(=S)O[C@H]4C[C@H](n5cnc6c(NC(=O)c7ccccc7)ncnc65)O[C@@H]4COP(O)(=S)O[C@@H]2[C@@H]3F)c(=O)[nH]1.CN.Nc1nc2c(ncn2[C@@H]2O[C@@H]3COP(O)(=S)O[C@H]4C[C@H](n5cnc6c(N)ncnc65)O[C@@H]4COP(O)(=S)O[C@@H]2[C@@H]3F)c(=O)[nH]1.Nc1nc2c(ncn2[C@@H]2O[C@@H]3COP(O)(=S)O[C@H]4C[C@H](n5cnc6c(N)ncnc65)O[C@@H]4COP(O)(=S)O[C@@H]2[C@@H]3F)c(=O)[nH]1. The van der Waals surface area contributed by atoms with E-state index in [1.807, 2.05) is 0 Å². The van der Waals surface area contributed by atoms with Crippen LogP contribution in [0.4, 0.5) is 48.5 Å². The van der Waals surface area contributed by atoms with Gasteiger partial charge in [0.1, 0.15) is 104 Å². The summed E-state index contributed by atoms with van der Waals surface area (Å²) in [5, 5.41) is 5.23. The Bertz CT molecular complexity index is 7460. The second kappa shape index (κ2) is 44.3. The number of nitrogens with one attached hydrogen (secondary N) is 5. The Labute approximate surface area is 864 Å². The summed E-state index contributed by atoms with van der Waals surface area (Å²) in [6.07, 6.45) is -15.8. The lowest BCUT2D eigenvalue weighted by Crippen LogP contribution is -2.32. The number of amides is 2. The normalized spacial score (nSPS) is 33.4. The van der Waals surface area contributed by atoms with Crippen LogP contribution < -0.4 is 56.0 Å². The Morgan fingerprint density at radius 2 is 0.698 bits per heavy atom. The molecule has 9 aliphatic rings. The number of hydrogen-bond acceptors (Lipinski definition) is 49. The molecule has 12 aromatic heterocycles. The average molecular weight is 2310 g/mol. The van der Waals surface area contributed by atoms with Gasteiger partial charge in [-0.05, 0) is 90.0 Å². The molecule has 1 aromatic carbocycles. The summed E-state index contributed by atoms with van der Waals surface area (Å²) in [5.74, 6) is -1.46. The van der Waals surface area contributed by atoms with Gasteiger partial charge in [-0.3, -0.25) is 85.2 Å². The lowest BCUT2D eigenvalue weighted by Gasteiger charge is -2.27. The molecule has 9 aliphatic heterocycles. The molecule has 804 valence electrons. The number of nitrogens with two attached hydrogens (primary N) is 5. The first-order valence-corrected chi connectivity index (χ1v) is 59.0. The largest absolute Gasteiger partial charge is 0.382 e. The maximum atomic E-state index is 16.2. The van der Waals surface area contributed by atoms with Gasteiger partial charge in [0.25, 0.3) is 22.6 Å². The lowest BCUT2D eigenvalue weighted by molar-refractivity contribution is -0.119. The molecule has 0 spiro atoms. The molecular formula is C74H92F3N31O29P6S6. The number of alkyl halides is 3. The van der Waals surface area contributed by atoms with Crippen molar-refractivity contribution in [2.75, 3.05) is 80.3 Å². The maximum absolute atomic E-state index is 16.2. The van der Waals surface area contributed by atoms with Gasteiger partial charge in [-0.25, -0.2) is 73.0 Å². The lowest BCUT2D eigenvalue weighted by atomic mass is 10.1. The first-order chi connectivity index (χ1) is 69.9. The fourth-order valence-corrected chi connectivity index (χ4v) is 25.5. The average Bonchev–Trinajstić information content (AvgIpc) is 1.61. The van der Waals surface area contributed by atoms with E-state index in [0.717, 1.165) is 6.33 Å². The van der Waals surface area contributed by atoms with Crippen molar-refractivity contribution in [3.05, 3.63) is 124 Å². The highest BCUT2D eigenvalue weighted by Crippen LogP contribution is 2.60. The smallest absolute Gasteiger partial charge is 0.325 e. The van der Waals surface area contributed by atoms with Crippen LogP contribution in [0.15, 0.2) is 102 Å². The third-order valence-electron chi connectivity index (χ3n) is 23.6. The van der Waals surface area contributed by atoms with Gasteiger partial charge < -0.3 is 132 Å². The van der Waals surface area contributed by atoms with Crippen molar-refractivity contribution in [2.24, 2.45) is 11.7 Å².